The lowest BCUT2D eigenvalue weighted by Gasteiger charge is -2.38. The zero-order valence-electron chi connectivity index (χ0n) is 15.7. The van der Waals surface area contributed by atoms with Crippen molar-refractivity contribution in [2.45, 2.75) is 70.8 Å². The fourth-order valence-electron chi connectivity index (χ4n) is 4.52. The molecule has 1 saturated heterocycles. The number of likely N-dealkylation sites (tertiary alicyclic amines) is 1. The number of carbonyl (C=O) groups is 2. The minimum atomic E-state index is 0.0394. The van der Waals surface area contributed by atoms with Crippen molar-refractivity contribution < 1.29 is 9.59 Å². The van der Waals surface area contributed by atoms with E-state index in [4.69, 9.17) is 0 Å². The second-order valence-electron chi connectivity index (χ2n) is 9.06. The van der Waals surface area contributed by atoms with E-state index in [1.54, 1.807) is 12.4 Å². The van der Waals surface area contributed by atoms with E-state index in [0.29, 0.717) is 37.1 Å². The van der Waals surface area contributed by atoms with Gasteiger partial charge in [-0.05, 0) is 42.9 Å². The third-order valence-electron chi connectivity index (χ3n) is 6.71. The molecular formula is C20H30N4O2. The molecule has 0 aromatic carbocycles. The Bertz CT molecular complexity index is 661. The molecule has 1 aliphatic heterocycles. The van der Waals surface area contributed by atoms with E-state index in [0.717, 1.165) is 18.8 Å². The van der Waals surface area contributed by atoms with Gasteiger partial charge in [-0.3, -0.25) is 9.59 Å². The number of rotatable bonds is 7. The molecule has 2 N–H and O–H groups in total. The fourth-order valence-corrected chi connectivity index (χ4v) is 4.52. The summed E-state index contributed by atoms with van der Waals surface area (Å²) in [6.45, 7) is 3.70. The van der Waals surface area contributed by atoms with Gasteiger partial charge in [0.05, 0.1) is 0 Å². The van der Waals surface area contributed by atoms with Crippen LogP contribution in [0.1, 0.15) is 64.1 Å². The smallest absolute Gasteiger partial charge is 0.223 e. The molecule has 6 nitrogen and oxygen atoms in total. The molecule has 1 aromatic rings. The molecule has 2 aliphatic carbocycles. The van der Waals surface area contributed by atoms with Gasteiger partial charge in [-0.2, -0.15) is 0 Å². The number of hydrogen-bond acceptors (Lipinski definition) is 3. The highest BCUT2D eigenvalue weighted by atomic mass is 16.2. The lowest BCUT2D eigenvalue weighted by molar-refractivity contribution is -0.134. The normalized spacial score (nSPS) is 25.1. The van der Waals surface area contributed by atoms with Crippen LogP contribution in [0.5, 0.6) is 0 Å². The van der Waals surface area contributed by atoms with Crippen molar-refractivity contribution in [2.75, 3.05) is 13.1 Å². The largest absolute Gasteiger partial charge is 0.354 e. The maximum absolute atomic E-state index is 12.9. The van der Waals surface area contributed by atoms with E-state index in [2.05, 4.69) is 27.1 Å². The Hall–Kier alpha value is -1.85. The van der Waals surface area contributed by atoms with E-state index in [9.17, 15) is 9.59 Å². The Balaban J connectivity index is 1.30. The SMILES string of the molecule is CC1(CC(=O)N2CC3(CCC3)CC2CNC(=O)CCc2ncc[nH]2)CC1. The molecule has 4 rings (SSSR count). The van der Waals surface area contributed by atoms with Crippen molar-refractivity contribution in [2.24, 2.45) is 10.8 Å². The summed E-state index contributed by atoms with van der Waals surface area (Å²) >= 11 is 0. The van der Waals surface area contributed by atoms with Crippen LogP contribution in [0.25, 0.3) is 0 Å². The van der Waals surface area contributed by atoms with Gasteiger partial charge in [0.25, 0.3) is 0 Å². The molecular weight excluding hydrogens is 328 g/mol. The van der Waals surface area contributed by atoms with Crippen LogP contribution in [-0.4, -0.2) is 45.8 Å². The molecule has 2 heterocycles. The molecule has 1 atom stereocenters. The lowest BCUT2D eigenvalue weighted by Crippen LogP contribution is -2.44. The van der Waals surface area contributed by atoms with Crippen LogP contribution in [-0.2, 0) is 16.0 Å². The van der Waals surface area contributed by atoms with Crippen LogP contribution in [0, 0.1) is 10.8 Å². The van der Waals surface area contributed by atoms with Crippen LogP contribution in [0.3, 0.4) is 0 Å². The molecule has 6 heteroatoms. The fraction of sp³-hybridized carbons (Fsp3) is 0.750. The van der Waals surface area contributed by atoms with E-state index in [1.165, 1.54) is 32.1 Å². The van der Waals surface area contributed by atoms with Crippen molar-refractivity contribution >= 4 is 11.8 Å². The summed E-state index contributed by atoms with van der Waals surface area (Å²) in [5, 5.41) is 3.06. The number of amides is 2. The molecule has 1 aromatic heterocycles. The Labute approximate surface area is 155 Å². The van der Waals surface area contributed by atoms with Gasteiger partial charge in [0.1, 0.15) is 5.82 Å². The molecule has 2 amide bonds. The monoisotopic (exact) mass is 358 g/mol. The van der Waals surface area contributed by atoms with Gasteiger partial charge in [-0.25, -0.2) is 4.98 Å². The van der Waals surface area contributed by atoms with E-state index in [-0.39, 0.29) is 17.4 Å². The van der Waals surface area contributed by atoms with Crippen molar-refractivity contribution in [3.05, 3.63) is 18.2 Å². The first-order valence-corrected chi connectivity index (χ1v) is 10.0. The lowest BCUT2D eigenvalue weighted by atomic mass is 9.67. The van der Waals surface area contributed by atoms with Gasteiger partial charge in [0.2, 0.25) is 11.8 Å². The number of aromatic amines is 1. The first kappa shape index (κ1) is 17.6. The Kier molecular flexibility index (Phi) is 4.53. The zero-order chi connectivity index (χ0) is 18.2. The Morgan fingerprint density at radius 3 is 2.77 bits per heavy atom. The summed E-state index contributed by atoms with van der Waals surface area (Å²) in [5.74, 6) is 1.17. The van der Waals surface area contributed by atoms with Gasteiger partial charge >= 0.3 is 0 Å². The number of imidazole rings is 1. The summed E-state index contributed by atoms with van der Waals surface area (Å²) in [6, 6.07) is 0.165. The first-order chi connectivity index (χ1) is 12.5. The molecule has 142 valence electrons. The van der Waals surface area contributed by atoms with E-state index in [1.807, 2.05) is 0 Å². The number of aromatic nitrogens is 2. The standard InChI is InChI=1S/C20H30N4O2/c1-19(7-8-19)12-18(26)24-14-20(5-2-6-20)11-15(24)13-23-17(25)4-3-16-21-9-10-22-16/h9-10,15H,2-8,11-14H2,1H3,(H,21,22)(H,23,25). The average Bonchev–Trinajstić information content (AvgIpc) is 3.04. The maximum atomic E-state index is 12.9. The van der Waals surface area contributed by atoms with Crippen molar-refractivity contribution in [1.82, 2.24) is 20.2 Å². The van der Waals surface area contributed by atoms with E-state index < -0.39 is 0 Å². The summed E-state index contributed by atoms with van der Waals surface area (Å²) < 4.78 is 0. The number of aryl methyl sites for hydroxylation is 1. The molecule has 3 aliphatic rings. The molecule has 1 spiro atoms. The molecule has 0 radical (unpaired) electrons. The highest BCUT2D eigenvalue weighted by molar-refractivity contribution is 5.79. The third-order valence-corrected chi connectivity index (χ3v) is 6.71. The predicted molar refractivity (Wildman–Crippen MR) is 98.3 cm³/mol. The number of nitrogens with zero attached hydrogens (tertiary/aromatic N) is 2. The van der Waals surface area contributed by atoms with Crippen LogP contribution < -0.4 is 5.32 Å². The second-order valence-corrected chi connectivity index (χ2v) is 9.06. The number of carbonyl (C=O) groups excluding carboxylic acids is 2. The molecule has 0 bridgehead atoms. The van der Waals surface area contributed by atoms with E-state index >= 15 is 0 Å². The maximum Gasteiger partial charge on any atom is 0.223 e. The predicted octanol–water partition coefficient (Wildman–Crippen LogP) is 2.42. The number of nitrogens with one attached hydrogen (secondary N) is 2. The molecule has 1 unspecified atom stereocenters. The summed E-state index contributed by atoms with van der Waals surface area (Å²) in [7, 11) is 0. The van der Waals surface area contributed by atoms with Gasteiger partial charge in [-0.1, -0.05) is 13.3 Å². The van der Waals surface area contributed by atoms with Crippen LogP contribution >= 0.6 is 0 Å². The molecule has 3 fully saturated rings. The second kappa shape index (κ2) is 6.71. The molecule has 26 heavy (non-hydrogen) atoms. The van der Waals surface area contributed by atoms with Gasteiger partial charge in [0, 0.05) is 50.8 Å². The minimum absolute atomic E-state index is 0.0394. The first-order valence-electron chi connectivity index (χ1n) is 10.0. The van der Waals surface area contributed by atoms with Crippen LogP contribution in [0.4, 0.5) is 0 Å². The quantitative estimate of drug-likeness (QED) is 0.786. The van der Waals surface area contributed by atoms with Crippen molar-refractivity contribution in [1.29, 1.82) is 0 Å². The van der Waals surface area contributed by atoms with Gasteiger partial charge in [-0.15, -0.1) is 0 Å². The zero-order valence-corrected chi connectivity index (χ0v) is 15.7. The van der Waals surface area contributed by atoms with Crippen molar-refractivity contribution in [3.8, 4) is 0 Å². The van der Waals surface area contributed by atoms with Crippen LogP contribution in [0.15, 0.2) is 12.4 Å². The summed E-state index contributed by atoms with van der Waals surface area (Å²) in [6.07, 6.45) is 12.3. The summed E-state index contributed by atoms with van der Waals surface area (Å²) in [5.41, 5.74) is 0.576. The Morgan fingerprint density at radius 2 is 2.15 bits per heavy atom. The number of hydrogen-bond donors (Lipinski definition) is 2. The highest BCUT2D eigenvalue weighted by Crippen LogP contribution is 2.52. The topological polar surface area (TPSA) is 78.1 Å². The molecule has 2 saturated carbocycles. The van der Waals surface area contributed by atoms with Crippen molar-refractivity contribution in [3.63, 3.8) is 0 Å². The average molecular weight is 358 g/mol. The minimum Gasteiger partial charge on any atom is -0.354 e. The third kappa shape index (κ3) is 3.79. The van der Waals surface area contributed by atoms with Crippen LogP contribution in [0.2, 0.25) is 0 Å². The number of H-pyrrole nitrogens is 1. The Morgan fingerprint density at radius 1 is 1.35 bits per heavy atom. The van der Waals surface area contributed by atoms with Gasteiger partial charge < -0.3 is 15.2 Å². The van der Waals surface area contributed by atoms with Gasteiger partial charge in [0.15, 0.2) is 0 Å². The summed E-state index contributed by atoms with van der Waals surface area (Å²) in [4.78, 5) is 34.3. The highest BCUT2D eigenvalue weighted by Gasteiger charge is 2.50.